The van der Waals surface area contributed by atoms with E-state index in [1.54, 1.807) is 36.4 Å². The highest BCUT2D eigenvalue weighted by Gasteiger charge is 2.74. The van der Waals surface area contributed by atoms with E-state index in [0.29, 0.717) is 16.3 Å². The maximum atomic E-state index is 14.0. The summed E-state index contributed by atoms with van der Waals surface area (Å²) >= 11 is 12.6. The summed E-state index contributed by atoms with van der Waals surface area (Å²) in [6.07, 6.45) is -1.10. The molecule has 0 aromatic heterocycles. The van der Waals surface area contributed by atoms with Gasteiger partial charge in [0.2, 0.25) is 29.0 Å². The third-order valence-electron chi connectivity index (χ3n) is 7.25. The number of benzene rings is 3. The number of Topliss-reactive ketones (excluding diaryl/α,β-unsaturated/α-hetero) is 2. The van der Waals surface area contributed by atoms with Gasteiger partial charge in [-0.15, -0.1) is 0 Å². The highest BCUT2D eigenvalue weighted by molar-refractivity contribution is 6.37. The summed E-state index contributed by atoms with van der Waals surface area (Å²) in [5.41, 5.74) is 0.708. The second-order valence-corrected chi connectivity index (χ2v) is 10.3. The zero-order valence-electron chi connectivity index (χ0n) is 19.2. The number of carbonyl (C=O) groups is 4. The van der Waals surface area contributed by atoms with Gasteiger partial charge in [-0.25, -0.2) is 4.90 Å². The van der Waals surface area contributed by atoms with E-state index in [-0.39, 0.29) is 16.1 Å². The number of imide groups is 1. The van der Waals surface area contributed by atoms with E-state index in [9.17, 15) is 19.2 Å². The summed E-state index contributed by atoms with van der Waals surface area (Å²) in [6.45, 7) is 3.73. The standard InChI is InChI=1S/C28H19Cl2NO5/c1-13-9-14(2)11-16(10-13)31-26(34)21-22(27(31)35)28(24(32)17-5-3-4-6-18(17)25(28)33)36-23(21)19-8-7-15(29)12-20(19)30/h3-12,21-23H,1-2H3/t21-,22-,23+/m0/s1. The second kappa shape index (κ2) is 7.84. The van der Waals surface area contributed by atoms with Crippen molar-refractivity contribution in [3.05, 3.63) is 98.5 Å². The van der Waals surface area contributed by atoms with Crippen molar-refractivity contribution in [2.24, 2.45) is 11.8 Å². The highest BCUT2D eigenvalue weighted by Crippen LogP contribution is 2.58. The van der Waals surface area contributed by atoms with Crippen LogP contribution in [0, 0.1) is 25.7 Å². The minimum absolute atomic E-state index is 0.175. The number of halogens is 2. The van der Waals surface area contributed by atoms with Crippen LogP contribution in [-0.2, 0) is 14.3 Å². The van der Waals surface area contributed by atoms with E-state index in [4.69, 9.17) is 27.9 Å². The van der Waals surface area contributed by atoms with Crippen LogP contribution in [0.1, 0.15) is 43.5 Å². The Kier molecular flexibility index (Phi) is 5.03. The molecule has 6 nitrogen and oxygen atoms in total. The molecular formula is C28H19Cl2NO5. The van der Waals surface area contributed by atoms with Gasteiger partial charge in [-0.05, 0) is 49.2 Å². The lowest BCUT2D eigenvalue weighted by Gasteiger charge is -2.27. The summed E-state index contributed by atoms with van der Waals surface area (Å²) in [7, 11) is 0. The fraction of sp³-hybridized carbons (Fsp3) is 0.214. The Morgan fingerprint density at radius 3 is 2.00 bits per heavy atom. The van der Waals surface area contributed by atoms with E-state index >= 15 is 0 Å². The number of amides is 2. The molecule has 180 valence electrons. The minimum Gasteiger partial charge on any atom is -0.349 e. The van der Waals surface area contributed by atoms with Gasteiger partial charge in [-0.1, -0.05) is 59.6 Å². The summed E-state index contributed by atoms with van der Waals surface area (Å²) in [4.78, 5) is 56.7. The van der Waals surface area contributed by atoms with E-state index in [2.05, 4.69) is 0 Å². The first kappa shape index (κ1) is 23.1. The van der Waals surface area contributed by atoms with E-state index in [0.717, 1.165) is 16.0 Å². The molecule has 2 amide bonds. The molecule has 3 atom stereocenters. The maximum Gasteiger partial charge on any atom is 0.241 e. The molecule has 0 bridgehead atoms. The van der Waals surface area contributed by atoms with Crippen LogP contribution in [0.3, 0.4) is 0 Å². The summed E-state index contributed by atoms with van der Waals surface area (Å²) in [6, 6.07) is 16.4. The first-order chi connectivity index (χ1) is 17.1. The van der Waals surface area contributed by atoms with Crippen LogP contribution in [0.25, 0.3) is 0 Å². The zero-order chi connectivity index (χ0) is 25.5. The molecular weight excluding hydrogens is 501 g/mol. The monoisotopic (exact) mass is 519 g/mol. The normalized spacial score (nSPS) is 24.1. The summed E-state index contributed by atoms with van der Waals surface area (Å²) in [5.74, 6) is -4.88. The van der Waals surface area contributed by atoms with Crippen LogP contribution in [0.5, 0.6) is 0 Å². The van der Waals surface area contributed by atoms with Crippen LogP contribution in [0.2, 0.25) is 10.0 Å². The van der Waals surface area contributed by atoms with Crippen molar-refractivity contribution in [1.29, 1.82) is 0 Å². The molecule has 3 aliphatic rings. The average molecular weight is 520 g/mol. The predicted octanol–water partition coefficient (Wildman–Crippen LogP) is 5.31. The van der Waals surface area contributed by atoms with Crippen molar-refractivity contribution >= 4 is 52.3 Å². The van der Waals surface area contributed by atoms with Crippen LogP contribution in [0.15, 0.2) is 60.7 Å². The fourth-order valence-corrected chi connectivity index (χ4v) is 6.38. The number of aryl methyl sites for hydroxylation is 2. The minimum atomic E-state index is -2.15. The fourth-order valence-electron chi connectivity index (χ4n) is 5.87. The largest absolute Gasteiger partial charge is 0.349 e. The lowest BCUT2D eigenvalue weighted by molar-refractivity contribution is -0.127. The number of nitrogens with zero attached hydrogens (tertiary/aromatic N) is 1. The number of ether oxygens (including phenoxy) is 1. The van der Waals surface area contributed by atoms with Gasteiger partial charge in [0, 0.05) is 26.7 Å². The molecule has 36 heavy (non-hydrogen) atoms. The number of fused-ring (bicyclic) bond motifs is 3. The highest BCUT2D eigenvalue weighted by atomic mass is 35.5. The summed E-state index contributed by atoms with van der Waals surface area (Å²) < 4.78 is 6.27. The van der Waals surface area contributed by atoms with Crippen molar-refractivity contribution in [3.63, 3.8) is 0 Å². The van der Waals surface area contributed by atoms with Crippen LogP contribution < -0.4 is 4.90 Å². The van der Waals surface area contributed by atoms with E-state index in [1.165, 1.54) is 18.2 Å². The molecule has 2 saturated heterocycles. The Morgan fingerprint density at radius 2 is 1.42 bits per heavy atom. The van der Waals surface area contributed by atoms with Crippen LogP contribution in [-0.4, -0.2) is 29.0 Å². The van der Waals surface area contributed by atoms with Gasteiger partial charge in [0.05, 0.1) is 23.6 Å². The number of hydrogen-bond donors (Lipinski definition) is 0. The number of carbonyl (C=O) groups excluding carboxylic acids is 4. The molecule has 0 saturated carbocycles. The summed E-state index contributed by atoms with van der Waals surface area (Å²) in [5, 5.41) is 0.586. The topological polar surface area (TPSA) is 80.8 Å². The first-order valence-corrected chi connectivity index (χ1v) is 12.2. The lowest BCUT2D eigenvalue weighted by atomic mass is 9.77. The molecule has 6 rings (SSSR count). The van der Waals surface area contributed by atoms with Gasteiger partial charge in [0.1, 0.15) is 0 Å². The van der Waals surface area contributed by atoms with Crippen molar-refractivity contribution in [2.75, 3.05) is 4.90 Å². The lowest BCUT2D eigenvalue weighted by Crippen LogP contribution is -2.51. The van der Waals surface area contributed by atoms with E-state index < -0.39 is 46.9 Å². The van der Waals surface area contributed by atoms with Crippen LogP contribution in [0.4, 0.5) is 5.69 Å². The van der Waals surface area contributed by atoms with Crippen molar-refractivity contribution in [3.8, 4) is 0 Å². The van der Waals surface area contributed by atoms with Gasteiger partial charge in [0.25, 0.3) is 0 Å². The molecule has 0 unspecified atom stereocenters. The number of hydrogen-bond acceptors (Lipinski definition) is 5. The Morgan fingerprint density at radius 1 is 0.806 bits per heavy atom. The van der Waals surface area contributed by atoms with Crippen molar-refractivity contribution < 1.29 is 23.9 Å². The molecule has 3 aromatic carbocycles. The molecule has 1 aliphatic carbocycles. The smallest absolute Gasteiger partial charge is 0.241 e. The molecule has 1 spiro atoms. The van der Waals surface area contributed by atoms with Crippen LogP contribution >= 0.6 is 23.2 Å². The SMILES string of the molecule is Cc1cc(C)cc(N2C(=O)[C@@H]3[C@@H](c4ccc(Cl)cc4Cl)OC4(C(=O)c5ccccc5C4=O)[C@@H]3C2=O)c1. The predicted molar refractivity (Wildman–Crippen MR) is 134 cm³/mol. The average Bonchev–Trinajstić information content (AvgIpc) is 3.38. The third kappa shape index (κ3) is 2.95. The molecule has 0 radical (unpaired) electrons. The van der Waals surface area contributed by atoms with Crippen molar-refractivity contribution in [2.45, 2.75) is 25.6 Å². The molecule has 2 fully saturated rings. The Balaban J connectivity index is 1.57. The quantitative estimate of drug-likeness (QED) is 0.338. The Hall–Kier alpha value is -3.32. The zero-order valence-corrected chi connectivity index (χ0v) is 20.8. The number of rotatable bonds is 2. The van der Waals surface area contributed by atoms with Gasteiger partial charge in [-0.2, -0.15) is 0 Å². The molecule has 3 aromatic rings. The number of anilines is 1. The second-order valence-electron chi connectivity index (χ2n) is 9.51. The molecule has 2 heterocycles. The van der Waals surface area contributed by atoms with E-state index in [1.807, 2.05) is 19.9 Å². The maximum absolute atomic E-state index is 14.0. The van der Waals surface area contributed by atoms with Gasteiger partial charge >= 0.3 is 0 Å². The molecule has 0 N–H and O–H groups in total. The van der Waals surface area contributed by atoms with Gasteiger partial charge < -0.3 is 4.74 Å². The van der Waals surface area contributed by atoms with Gasteiger partial charge in [-0.3, -0.25) is 19.2 Å². The van der Waals surface area contributed by atoms with Gasteiger partial charge in [0.15, 0.2) is 0 Å². The Bertz CT molecular complexity index is 1470. The number of ketones is 2. The Labute approximate surface area is 216 Å². The third-order valence-corrected chi connectivity index (χ3v) is 7.82. The van der Waals surface area contributed by atoms with Crippen molar-refractivity contribution in [1.82, 2.24) is 0 Å². The first-order valence-electron chi connectivity index (χ1n) is 11.4. The molecule has 8 heteroatoms. The molecule has 2 aliphatic heterocycles.